The molecule has 0 fully saturated rings. The number of likely N-dealkylation sites (N-methyl/N-ethyl adjacent to an activating group) is 1. The van der Waals surface area contributed by atoms with E-state index in [0.29, 0.717) is 18.0 Å². The number of hydrogen-bond acceptors (Lipinski definition) is 5. The lowest BCUT2D eigenvalue weighted by atomic mass is 10.3. The maximum atomic E-state index is 5.66. The molecule has 0 atom stereocenters. The third kappa shape index (κ3) is 2.50. The molecule has 78 valence electrons. The number of rotatable bonds is 4. The summed E-state index contributed by atoms with van der Waals surface area (Å²) in [7, 11) is 3.59. The van der Waals surface area contributed by atoms with Crippen molar-refractivity contribution in [1.29, 1.82) is 0 Å². The molecule has 5 heteroatoms. The van der Waals surface area contributed by atoms with Crippen molar-refractivity contribution in [3.8, 4) is 0 Å². The van der Waals surface area contributed by atoms with Gasteiger partial charge in [0.05, 0.1) is 24.2 Å². The number of nitrogens with zero attached hydrogens (tertiary/aromatic N) is 2. The number of methoxy groups -OCH3 is 1. The lowest BCUT2D eigenvalue weighted by molar-refractivity contribution is 0.206. The van der Waals surface area contributed by atoms with Gasteiger partial charge in [0.25, 0.3) is 0 Å². The van der Waals surface area contributed by atoms with Gasteiger partial charge < -0.3 is 21.1 Å². The van der Waals surface area contributed by atoms with E-state index in [9.17, 15) is 0 Å². The molecule has 0 aliphatic carbocycles. The van der Waals surface area contributed by atoms with Crippen molar-refractivity contribution in [2.24, 2.45) is 0 Å². The predicted octanol–water partition coefficient (Wildman–Crippen LogP) is 0.329. The van der Waals surface area contributed by atoms with Crippen LogP contribution in [0.4, 0.5) is 17.2 Å². The zero-order valence-electron chi connectivity index (χ0n) is 8.53. The van der Waals surface area contributed by atoms with Crippen LogP contribution in [-0.4, -0.2) is 32.3 Å². The molecular weight excluding hydrogens is 180 g/mol. The molecule has 0 saturated carbocycles. The van der Waals surface area contributed by atoms with Crippen LogP contribution in [0, 0.1) is 0 Å². The highest BCUT2D eigenvalue weighted by molar-refractivity contribution is 5.66. The quantitative estimate of drug-likeness (QED) is 0.725. The summed E-state index contributed by atoms with van der Waals surface area (Å²) in [5.41, 5.74) is 12.3. The fourth-order valence-corrected chi connectivity index (χ4v) is 1.02. The van der Waals surface area contributed by atoms with Crippen molar-refractivity contribution in [2.45, 2.75) is 0 Å². The van der Waals surface area contributed by atoms with Crippen LogP contribution in [0.3, 0.4) is 0 Å². The minimum absolute atomic E-state index is 0.508. The maximum Gasteiger partial charge on any atom is 0.130 e. The monoisotopic (exact) mass is 196 g/mol. The minimum Gasteiger partial charge on any atom is -0.397 e. The normalized spacial score (nSPS) is 10.1. The van der Waals surface area contributed by atoms with Crippen molar-refractivity contribution < 1.29 is 4.74 Å². The molecule has 0 spiro atoms. The van der Waals surface area contributed by atoms with Crippen LogP contribution in [-0.2, 0) is 4.74 Å². The van der Waals surface area contributed by atoms with E-state index in [4.69, 9.17) is 16.2 Å². The van der Waals surface area contributed by atoms with Crippen molar-refractivity contribution in [2.75, 3.05) is 43.7 Å². The Morgan fingerprint density at radius 3 is 2.71 bits per heavy atom. The Balaban J connectivity index is 2.70. The molecule has 0 radical (unpaired) electrons. The molecule has 1 heterocycles. The zero-order valence-corrected chi connectivity index (χ0v) is 8.53. The second kappa shape index (κ2) is 4.66. The number of pyridine rings is 1. The Bertz CT molecular complexity index is 303. The molecule has 0 amide bonds. The summed E-state index contributed by atoms with van der Waals surface area (Å²) in [6, 6.07) is 1.75. The third-order valence-corrected chi connectivity index (χ3v) is 1.98. The standard InChI is InChI=1S/C9H16N4O/c1-13(3-4-14-2)9-5-7(10)8(11)6-12-9/h5-6H,3-4,11H2,1-2H3,(H2,10,12). The van der Waals surface area contributed by atoms with Gasteiger partial charge in [-0.3, -0.25) is 0 Å². The Hall–Kier alpha value is -1.49. The summed E-state index contributed by atoms with van der Waals surface area (Å²) in [6.45, 7) is 1.43. The summed E-state index contributed by atoms with van der Waals surface area (Å²) in [5, 5.41) is 0. The fraction of sp³-hybridized carbons (Fsp3) is 0.444. The molecule has 0 aromatic carbocycles. The number of aromatic nitrogens is 1. The number of anilines is 3. The largest absolute Gasteiger partial charge is 0.397 e. The Kier molecular flexibility index (Phi) is 3.53. The Labute approximate surface area is 83.7 Å². The van der Waals surface area contributed by atoms with Crippen LogP contribution in [0.1, 0.15) is 0 Å². The molecule has 4 N–H and O–H groups in total. The van der Waals surface area contributed by atoms with Gasteiger partial charge in [-0.15, -0.1) is 0 Å². The highest BCUT2D eigenvalue weighted by Gasteiger charge is 2.03. The van der Waals surface area contributed by atoms with E-state index in [-0.39, 0.29) is 0 Å². The molecule has 0 aliphatic rings. The second-order valence-electron chi connectivity index (χ2n) is 3.09. The lowest BCUT2D eigenvalue weighted by Crippen LogP contribution is -2.23. The molecule has 1 rings (SSSR count). The molecule has 0 aliphatic heterocycles. The summed E-state index contributed by atoms with van der Waals surface area (Å²) < 4.78 is 4.96. The number of hydrogen-bond donors (Lipinski definition) is 2. The average molecular weight is 196 g/mol. The number of ether oxygens (including phenoxy) is 1. The summed E-state index contributed by atoms with van der Waals surface area (Å²) in [5.74, 6) is 0.800. The topological polar surface area (TPSA) is 77.4 Å². The van der Waals surface area contributed by atoms with Crippen LogP contribution >= 0.6 is 0 Å². The maximum absolute atomic E-state index is 5.66. The molecule has 0 bridgehead atoms. The van der Waals surface area contributed by atoms with Gasteiger partial charge in [-0.05, 0) is 0 Å². The van der Waals surface area contributed by atoms with Gasteiger partial charge in [-0.25, -0.2) is 4.98 Å². The van der Waals surface area contributed by atoms with Crippen molar-refractivity contribution in [3.05, 3.63) is 12.3 Å². The molecule has 5 nitrogen and oxygen atoms in total. The molecule has 1 aromatic rings. The zero-order chi connectivity index (χ0) is 10.6. The van der Waals surface area contributed by atoms with E-state index in [1.807, 2.05) is 11.9 Å². The minimum atomic E-state index is 0.508. The van der Waals surface area contributed by atoms with Gasteiger partial charge in [-0.1, -0.05) is 0 Å². The van der Waals surface area contributed by atoms with Gasteiger partial charge in [-0.2, -0.15) is 0 Å². The van der Waals surface area contributed by atoms with E-state index in [1.54, 1.807) is 19.4 Å². The van der Waals surface area contributed by atoms with E-state index in [0.717, 1.165) is 12.4 Å². The van der Waals surface area contributed by atoms with Crippen LogP contribution in [0.15, 0.2) is 12.3 Å². The van der Waals surface area contributed by atoms with Gasteiger partial charge in [0, 0.05) is 26.8 Å². The van der Waals surface area contributed by atoms with Crippen LogP contribution in [0.2, 0.25) is 0 Å². The van der Waals surface area contributed by atoms with Crippen molar-refractivity contribution in [3.63, 3.8) is 0 Å². The lowest BCUT2D eigenvalue weighted by Gasteiger charge is -2.18. The molecule has 0 saturated heterocycles. The first-order chi connectivity index (χ1) is 6.65. The molecule has 14 heavy (non-hydrogen) atoms. The first-order valence-corrected chi connectivity index (χ1v) is 4.36. The highest BCUT2D eigenvalue weighted by Crippen LogP contribution is 2.18. The van der Waals surface area contributed by atoms with E-state index in [2.05, 4.69) is 4.98 Å². The van der Waals surface area contributed by atoms with Crippen LogP contribution < -0.4 is 16.4 Å². The van der Waals surface area contributed by atoms with E-state index in [1.165, 1.54) is 0 Å². The number of nitrogens with two attached hydrogens (primary N) is 2. The molecular formula is C9H16N4O. The van der Waals surface area contributed by atoms with Crippen LogP contribution in [0.5, 0.6) is 0 Å². The molecule has 0 unspecified atom stereocenters. The van der Waals surface area contributed by atoms with E-state index < -0.39 is 0 Å². The highest BCUT2D eigenvalue weighted by atomic mass is 16.5. The third-order valence-electron chi connectivity index (χ3n) is 1.98. The summed E-state index contributed by atoms with van der Waals surface area (Å²) in [4.78, 5) is 6.11. The summed E-state index contributed by atoms with van der Waals surface area (Å²) in [6.07, 6.45) is 1.56. The smallest absolute Gasteiger partial charge is 0.130 e. The van der Waals surface area contributed by atoms with Gasteiger partial charge in [0.1, 0.15) is 5.82 Å². The average Bonchev–Trinajstić information content (AvgIpc) is 2.18. The van der Waals surface area contributed by atoms with Crippen LogP contribution in [0.25, 0.3) is 0 Å². The Morgan fingerprint density at radius 1 is 1.43 bits per heavy atom. The van der Waals surface area contributed by atoms with Crippen molar-refractivity contribution >= 4 is 17.2 Å². The number of nitrogen functional groups attached to an aromatic ring is 2. The van der Waals surface area contributed by atoms with Gasteiger partial charge in [0.15, 0.2) is 0 Å². The van der Waals surface area contributed by atoms with E-state index >= 15 is 0 Å². The SMILES string of the molecule is COCCN(C)c1cc(N)c(N)cn1. The van der Waals surface area contributed by atoms with Gasteiger partial charge in [0.2, 0.25) is 0 Å². The second-order valence-corrected chi connectivity index (χ2v) is 3.09. The fourth-order valence-electron chi connectivity index (χ4n) is 1.02. The first-order valence-electron chi connectivity index (χ1n) is 4.36. The molecule has 1 aromatic heterocycles. The Morgan fingerprint density at radius 2 is 2.14 bits per heavy atom. The van der Waals surface area contributed by atoms with Gasteiger partial charge >= 0.3 is 0 Å². The first kappa shape index (κ1) is 10.6. The predicted molar refractivity (Wildman–Crippen MR) is 58.2 cm³/mol. The van der Waals surface area contributed by atoms with Crippen molar-refractivity contribution in [1.82, 2.24) is 4.98 Å². The summed E-state index contributed by atoms with van der Waals surface area (Å²) >= 11 is 0.